The first-order chi connectivity index (χ1) is 4.23. The largest absolute Gasteiger partial charge is 0.353 e. The molecule has 0 radical (unpaired) electrons. The summed E-state index contributed by atoms with van der Waals surface area (Å²) in [6, 6.07) is 0. The average Bonchev–Trinajstić information content (AvgIpc) is 2.11. The van der Waals surface area contributed by atoms with E-state index in [-0.39, 0.29) is 0 Å². The van der Waals surface area contributed by atoms with Crippen molar-refractivity contribution in [3.63, 3.8) is 0 Å². The van der Waals surface area contributed by atoms with Crippen molar-refractivity contribution in [1.29, 1.82) is 0 Å². The van der Waals surface area contributed by atoms with E-state index < -0.39 is 4.92 Å². The summed E-state index contributed by atoms with van der Waals surface area (Å²) in [5.74, 6) is 0. The monoisotopic (exact) mass is 135 g/mol. The molecular formula is C4H9NO4. The number of hydrogen-bond donors (Lipinski definition) is 0. The molecule has 54 valence electrons. The molecule has 0 aromatic carbocycles. The molecule has 9 heavy (non-hydrogen) atoms. The van der Waals surface area contributed by atoms with Crippen molar-refractivity contribution in [3.05, 3.63) is 10.1 Å². The third-order valence-electron chi connectivity index (χ3n) is 0.539. The van der Waals surface area contributed by atoms with Crippen LogP contribution in [-0.4, -0.2) is 32.0 Å². The second-order valence-corrected chi connectivity index (χ2v) is 1.37. The van der Waals surface area contributed by atoms with E-state index in [1.807, 2.05) is 0 Å². The highest BCUT2D eigenvalue weighted by Crippen LogP contribution is 1.85. The lowest BCUT2D eigenvalue weighted by Gasteiger charge is -1.76. The van der Waals surface area contributed by atoms with Crippen LogP contribution in [0.15, 0.2) is 0 Å². The topological polar surface area (TPSA) is 61.6 Å². The number of nitrogens with zero attached hydrogens (tertiary/aromatic N) is 1. The van der Waals surface area contributed by atoms with E-state index in [9.17, 15) is 0 Å². The molecule has 1 aliphatic heterocycles. The summed E-state index contributed by atoms with van der Waals surface area (Å²) in [5.41, 5.74) is 0. The molecule has 0 amide bonds. The van der Waals surface area contributed by atoms with Gasteiger partial charge in [-0.15, -0.1) is 0 Å². The van der Waals surface area contributed by atoms with Gasteiger partial charge in [-0.25, -0.2) is 0 Å². The van der Waals surface area contributed by atoms with Crippen LogP contribution in [0.25, 0.3) is 0 Å². The van der Waals surface area contributed by atoms with Gasteiger partial charge in [-0.05, 0) is 0 Å². The smallest absolute Gasteiger partial charge is 0.194 e. The van der Waals surface area contributed by atoms with Crippen LogP contribution < -0.4 is 0 Å². The Morgan fingerprint density at radius 3 is 1.89 bits per heavy atom. The molecule has 0 aliphatic carbocycles. The van der Waals surface area contributed by atoms with Gasteiger partial charge in [0.1, 0.15) is 6.79 Å². The van der Waals surface area contributed by atoms with E-state index in [0.29, 0.717) is 6.79 Å². The van der Waals surface area contributed by atoms with Crippen LogP contribution in [-0.2, 0) is 9.47 Å². The van der Waals surface area contributed by atoms with Crippen LogP contribution in [0.2, 0.25) is 0 Å². The zero-order chi connectivity index (χ0) is 7.11. The first kappa shape index (κ1) is 8.32. The Morgan fingerprint density at radius 1 is 1.44 bits per heavy atom. The highest BCUT2D eigenvalue weighted by Gasteiger charge is 1.93. The summed E-state index contributed by atoms with van der Waals surface area (Å²) >= 11 is 0. The Hall–Kier alpha value is -0.680. The molecule has 0 aromatic rings. The minimum absolute atomic E-state index is 0.500. The molecule has 1 saturated heterocycles. The fraction of sp³-hybridized carbons (Fsp3) is 1.00. The maximum absolute atomic E-state index is 8.81. The molecule has 5 heteroatoms. The molecule has 5 nitrogen and oxygen atoms in total. The number of ether oxygens (including phenoxy) is 2. The number of hydrogen-bond acceptors (Lipinski definition) is 4. The van der Waals surface area contributed by atoms with Gasteiger partial charge in [0, 0.05) is 4.92 Å². The van der Waals surface area contributed by atoms with Gasteiger partial charge in [0.2, 0.25) is 0 Å². The van der Waals surface area contributed by atoms with Gasteiger partial charge in [-0.3, -0.25) is 10.1 Å². The SMILES string of the molecule is C1COCO1.C[N+](=O)[O-]. The Balaban J connectivity index is 0.000000148. The second-order valence-electron chi connectivity index (χ2n) is 1.37. The normalized spacial score (nSPS) is 16.1. The quantitative estimate of drug-likeness (QED) is 0.343. The van der Waals surface area contributed by atoms with Crippen molar-refractivity contribution in [2.75, 3.05) is 27.1 Å². The van der Waals surface area contributed by atoms with Crippen LogP contribution in [0, 0.1) is 10.1 Å². The van der Waals surface area contributed by atoms with Crippen molar-refractivity contribution in [1.82, 2.24) is 0 Å². The third-order valence-corrected chi connectivity index (χ3v) is 0.539. The summed E-state index contributed by atoms with van der Waals surface area (Å²) in [7, 11) is 0.889. The van der Waals surface area contributed by atoms with Crippen LogP contribution >= 0.6 is 0 Å². The average molecular weight is 135 g/mol. The highest BCUT2D eigenvalue weighted by atomic mass is 16.7. The molecule has 1 rings (SSSR count). The van der Waals surface area contributed by atoms with Crippen molar-refractivity contribution in [3.8, 4) is 0 Å². The van der Waals surface area contributed by atoms with E-state index in [0.717, 1.165) is 20.3 Å². The predicted octanol–water partition coefficient (Wildman–Crippen LogP) is -0.116. The maximum Gasteiger partial charge on any atom is 0.194 e. The molecule has 0 saturated carbocycles. The Bertz CT molecular complexity index is 69.0. The molecule has 0 unspecified atom stereocenters. The van der Waals surface area contributed by atoms with Crippen molar-refractivity contribution in [2.45, 2.75) is 0 Å². The van der Waals surface area contributed by atoms with Gasteiger partial charge >= 0.3 is 0 Å². The lowest BCUT2D eigenvalue weighted by atomic mass is 10.8. The van der Waals surface area contributed by atoms with Crippen molar-refractivity contribution >= 4 is 0 Å². The van der Waals surface area contributed by atoms with Crippen LogP contribution in [0.4, 0.5) is 0 Å². The maximum atomic E-state index is 8.81. The minimum Gasteiger partial charge on any atom is -0.353 e. The fourth-order valence-corrected chi connectivity index (χ4v) is 0.295. The fourth-order valence-electron chi connectivity index (χ4n) is 0.295. The van der Waals surface area contributed by atoms with E-state index in [1.54, 1.807) is 0 Å². The van der Waals surface area contributed by atoms with Crippen LogP contribution in [0.1, 0.15) is 0 Å². The summed E-state index contributed by atoms with van der Waals surface area (Å²) in [5, 5.41) is 8.81. The van der Waals surface area contributed by atoms with E-state index in [1.165, 1.54) is 0 Å². The predicted molar refractivity (Wildman–Crippen MR) is 29.7 cm³/mol. The van der Waals surface area contributed by atoms with Crippen LogP contribution in [0.3, 0.4) is 0 Å². The molecule has 1 fully saturated rings. The van der Waals surface area contributed by atoms with Gasteiger partial charge in [-0.1, -0.05) is 0 Å². The Kier molecular flexibility index (Phi) is 5.04. The van der Waals surface area contributed by atoms with E-state index in [4.69, 9.17) is 19.6 Å². The molecular weight excluding hydrogens is 126 g/mol. The molecule has 0 aromatic heterocycles. The van der Waals surface area contributed by atoms with Gasteiger partial charge in [0.15, 0.2) is 7.05 Å². The molecule has 0 bridgehead atoms. The first-order valence-electron chi connectivity index (χ1n) is 2.47. The standard InChI is InChI=1S/C3H6O2.CH3NO2/c1-2-5-3-4-1;1-2(3)4/h1-3H2;1H3. The highest BCUT2D eigenvalue weighted by molar-refractivity contribution is 4.28. The zero-order valence-electron chi connectivity index (χ0n) is 5.20. The zero-order valence-corrected chi connectivity index (χ0v) is 5.20. The Morgan fingerprint density at radius 2 is 1.78 bits per heavy atom. The second kappa shape index (κ2) is 5.46. The van der Waals surface area contributed by atoms with Gasteiger partial charge < -0.3 is 9.47 Å². The van der Waals surface area contributed by atoms with Gasteiger partial charge in [0.05, 0.1) is 13.2 Å². The van der Waals surface area contributed by atoms with Crippen molar-refractivity contribution < 1.29 is 14.4 Å². The van der Waals surface area contributed by atoms with Crippen LogP contribution in [0.5, 0.6) is 0 Å². The van der Waals surface area contributed by atoms with E-state index in [2.05, 4.69) is 0 Å². The summed E-state index contributed by atoms with van der Waals surface area (Å²) in [6.07, 6.45) is 0. The minimum atomic E-state index is -0.500. The lowest BCUT2D eigenvalue weighted by Crippen LogP contribution is -1.79. The molecule has 0 N–H and O–H groups in total. The molecule has 0 spiro atoms. The third kappa shape index (κ3) is 11.1. The molecule has 0 atom stereocenters. The molecule has 1 aliphatic rings. The summed E-state index contributed by atoms with van der Waals surface area (Å²) in [4.78, 5) is 8.31. The van der Waals surface area contributed by atoms with Gasteiger partial charge in [0.25, 0.3) is 0 Å². The van der Waals surface area contributed by atoms with E-state index >= 15 is 0 Å². The number of rotatable bonds is 0. The van der Waals surface area contributed by atoms with Crippen molar-refractivity contribution in [2.24, 2.45) is 0 Å². The molecule has 1 heterocycles. The summed E-state index contributed by atoms with van der Waals surface area (Å²) in [6.45, 7) is 2.06. The Labute approximate surface area is 52.7 Å². The number of nitro groups is 1. The first-order valence-corrected chi connectivity index (χ1v) is 2.47. The summed E-state index contributed by atoms with van der Waals surface area (Å²) < 4.78 is 9.44. The van der Waals surface area contributed by atoms with Gasteiger partial charge in [-0.2, -0.15) is 0 Å². The lowest BCUT2D eigenvalue weighted by molar-refractivity contribution is -0.445.